The van der Waals surface area contributed by atoms with E-state index in [1.54, 1.807) is 6.92 Å². The topological polar surface area (TPSA) is 17.1 Å². The lowest BCUT2D eigenvalue weighted by atomic mass is 10.0. The van der Waals surface area contributed by atoms with Gasteiger partial charge in [0.15, 0.2) is 5.78 Å². The van der Waals surface area contributed by atoms with Crippen molar-refractivity contribution in [2.24, 2.45) is 0 Å². The summed E-state index contributed by atoms with van der Waals surface area (Å²) < 4.78 is 0. The molecule has 0 radical (unpaired) electrons. The molecule has 14 heavy (non-hydrogen) atoms. The molecular formula is C13H24O. The van der Waals surface area contributed by atoms with Gasteiger partial charge in [-0.15, -0.1) is 0 Å². The predicted octanol–water partition coefficient (Wildman–Crippen LogP) is 4.27. The second-order valence-electron chi connectivity index (χ2n) is 4.13. The van der Waals surface area contributed by atoms with Crippen molar-refractivity contribution in [2.75, 3.05) is 0 Å². The van der Waals surface area contributed by atoms with E-state index >= 15 is 0 Å². The van der Waals surface area contributed by atoms with E-state index in [9.17, 15) is 4.79 Å². The zero-order chi connectivity index (χ0) is 11.0. The van der Waals surface area contributed by atoms with Crippen molar-refractivity contribution >= 4 is 5.78 Å². The Morgan fingerprint density at radius 1 is 0.929 bits per heavy atom. The van der Waals surface area contributed by atoms with Crippen LogP contribution in [0.1, 0.15) is 66.2 Å². The van der Waals surface area contributed by atoms with E-state index in [4.69, 9.17) is 0 Å². The summed E-state index contributed by atoms with van der Waals surface area (Å²) in [5, 5.41) is 0. The van der Waals surface area contributed by atoms with E-state index in [-0.39, 0.29) is 5.78 Å². The number of hydrogen-bond acceptors (Lipinski definition) is 1. The van der Waals surface area contributed by atoms with Crippen LogP contribution in [0.3, 0.4) is 0 Å². The summed E-state index contributed by atoms with van der Waals surface area (Å²) in [6.45, 7) is 7.89. The molecule has 0 aliphatic carbocycles. The number of allylic oxidation sites excluding steroid dienone is 2. The third-order valence-electron chi connectivity index (χ3n) is 2.82. The first-order chi connectivity index (χ1) is 6.59. The Hall–Kier alpha value is -0.590. The second-order valence-corrected chi connectivity index (χ2v) is 4.13. The van der Waals surface area contributed by atoms with Crippen LogP contribution < -0.4 is 0 Å². The van der Waals surface area contributed by atoms with Crippen LogP contribution in [0, 0.1) is 0 Å². The molecule has 0 amide bonds. The van der Waals surface area contributed by atoms with E-state index in [2.05, 4.69) is 13.8 Å². The number of carbonyl (C=O) groups is 1. The minimum atomic E-state index is 0.219. The zero-order valence-electron chi connectivity index (χ0n) is 10.2. The second kappa shape index (κ2) is 7.78. The zero-order valence-corrected chi connectivity index (χ0v) is 10.2. The molecule has 0 saturated heterocycles. The van der Waals surface area contributed by atoms with Crippen LogP contribution in [0.5, 0.6) is 0 Å². The van der Waals surface area contributed by atoms with Gasteiger partial charge in [-0.05, 0) is 39.2 Å². The molecule has 0 aliphatic rings. The normalized spacial score (nSPS) is 12.6. The molecule has 0 aliphatic heterocycles. The Morgan fingerprint density at radius 3 is 2.00 bits per heavy atom. The van der Waals surface area contributed by atoms with Crippen LogP contribution in [-0.4, -0.2) is 5.78 Å². The van der Waals surface area contributed by atoms with Gasteiger partial charge in [0.25, 0.3) is 0 Å². The number of rotatable bonds is 7. The number of hydrogen-bond donors (Lipinski definition) is 0. The Kier molecular flexibility index (Phi) is 7.45. The van der Waals surface area contributed by atoms with Gasteiger partial charge in [-0.1, -0.05) is 38.2 Å². The molecule has 0 N–H and O–H groups in total. The highest BCUT2D eigenvalue weighted by atomic mass is 16.1. The molecule has 0 aromatic heterocycles. The summed E-state index contributed by atoms with van der Waals surface area (Å²) in [5.74, 6) is 0.219. The third-order valence-corrected chi connectivity index (χ3v) is 2.82. The largest absolute Gasteiger partial charge is 0.295 e. The molecule has 0 aromatic rings. The third kappa shape index (κ3) is 5.95. The van der Waals surface area contributed by atoms with Crippen LogP contribution in [-0.2, 0) is 4.79 Å². The number of carbonyl (C=O) groups excluding carboxylic acids is 1. The van der Waals surface area contributed by atoms with Crippen molar-refractivity contribution in [3.05, 3.63) is 11.1 Å². The van der Waals surface area contributed by atoms with E-state index in [0.717, 1.165) is 12.0 Å². The SMILES string of the molecule is CCCCCCCC(C)=C(C)C(C)=O. The van der Waals surface area contributed by atoms with Crippen molar-refractivity contribution in [3.8, 4) is 0 Å². The maximum absolute atomic E-state index is 11.1. The van der Waals surface area contributed by atoms with Gasteiger partial charge in [0.2, 0.25) is 0 Å². The van der Waals surface area contributed by atoms with Crippen molar-refractivity contribution < 1.29 is 4.79 Å². The van der Waals surface area contributed by atoms with E-state index in [1.807, 2.05) is 6.92 Å². The number of Topliss-reactive ketones (excluding diaryl/α,β-unsaturated/α-hetero) is 1. The van der Waals surface area contributed by atoms with E-state index < -0.39 is 0 Å². The van der Waals surface area contributed by atoms with Crippen molar-refractivity contribution in [1.29, 1.82) is 0 Å². The first-order valence-corrected chi connectivity index (χ1v) is 5.76. The first kappa shape index (κ1) is 13.4. The fourth-order valence-electron chi connectivity index (χ4n) is 1.48. The standard InChI is InChI=1S/C13H24O/c1-5-6-7-8-9-10-11(2)12(3)13(4)14/h5-10H2,1-4H3. The molecule has 0 bridgehead atoms. The fraction of sp³-hybridized carbons (Fsp3) is 0.769. The van der Waals surface area contributed by atoms with Crippen LogP contribution in [0.25, 0.3) is 0 Å². The monoisotopic (exact) mass is 196 g/mol. The lowest BCUT2D eigenvalue weighted by Crippen LogP contribution is -1.95. The van der Waals surface area contributed by atoms with Gasteiger partial charge in [0.1, 0.15) is 0 Å². The molecule has 0 atom stereocenters. The molecule has 1 nitrogen and oxygen atoms in total. The van der Waals surface area contributed by atoms with Gasteiger partial charge >= 0.3 is 0 Å². The minimum absolute atomic E-state index is 0.219. The van der Waals surface area contributed by atoms with Gasteiger partial charge in [0.05, 0.1) is 0 Å². The summed E-state index contributed by atoms with van der Waals surface area (Å²) in [6.07, 6.45) is 7.60. The summed E-state index contributed by atoms with van der Waals surface area (Å²) in [4.78, 5) is 11.1. The molecule has 0 unspecified atom stereocenters. The van der Waals surface area contributed by atoms with Crippen LogP contribution >= 0.6 is 0 Å². The Balaban J connectivity index is 3.68. The van der Waals surface area contributed by atoms with Gasteiger partial charge < -0.3 is 0 Å². The van der Waals surface area contributed by atoms with Gasteiger partial charge in [-0.25, -0.2) is 0 Å². The van der Waals surface area contributed by atoms with Crippen molar-refractivity contribution in [1.82, 2.24) is 0 Å². The van der Waals surface area contributed by atoms with E-state index in [0.29, 0.717) is 0 Å². The molecule has 0 spiro atoms. The number of ketones is 1. The fourth-order valence-corrected chi connectivity index (χ4v) is 1.48. The van der Waals surface area contributed by atoms with E-state index in [1.165, 1.54) is 37.7 Å². The lowest BCUT2D eigenvalue weighted by molar-refractivity contribution is -0.113. The number of unbranched alkanes of at least 4 members (excludes halogenated alkanes) is 4. The molecule has 0 fully saturated rings. The first-order valence-electron chi connectivity index (χ1n) is 5.76. The molecule has 0 heterocycles. The average molecular weight is 196 g/mol. The Labute approximate surface area is 88.6 Å². The van der Waals surface area contributed by atoms with Gasteiger partial charge in [-0.3, -0.25) is 4.79 Å². The molecule has 1 heteroatoms. The summed E-state index contributed by atoms with van der Waals surface area (Å²) in [5.41, 5.74) is 2.23. The smallest absolute Gasteiger partial charge is 0.155 e. The summed E-state index contributed by atoms with van der Waals surface area (Å²) >= 11 is 0. The minimum Gasteiger partial charge on any atom is -0.295 e. The predicted molar refractivity (Wildman–Crippen MR) is 62.4 cm³/mol. The highest BCUT2D eigenvalue weighted by molar-refractivity contribution is 5.93. The quantitative estimate of drug-likeness (QED) is 0.439. The average Bonchev–Trinajstić information content (AvgIpc) is 2.16. The van der Waals surface area contributed by atoms with Gasteiger partial charge in [-0.2, -0.15) is 0 Å². The van der Waals surface area contributed by atoms with Crippen LogP contribution in [0.15, 0.2) is 11.1 Å². The molecule has 0 rings (SSSR count). The van der Waals surface area contributed by atoms with Crippen LogP contribution in [0.2, 0.25) is 0 Å². The molecule has 0 aromatic carbocycles. The van der Waals surface area contributed by atoms with Gasteiger partial charge in [0, 0.05) is 0 Å². The highest BCUT2D eigenvalue weighted by Gasteiger charge is 2.01. The highest BCUT2D eigenvalue weighted by Crippen LogP contribution is 2.14. The van der Waals surface area contributed by atoms with Crippen LogP contribution in [0.4, 0.5) is 0 Å². The molecule has 0 saturated carbocycles. The summed E-state index contributed by atoms with van der Waals surface area (Å²) in [6, 6.07) is 0. The molecule has 82 valence electrons. The lowest BCUT2D eigenvalue weighted by Gasteiger charge is -2.04. The maximum atomic E-state index is 11.1. The van der Waals surface area contributed by atoms with Crippen molar-refractivity contribution in [2.45, 2.75) is 66.2 Å². The Bertz CT molecular complexity index is 201. The van der Waals surface area contributed by atoms with Crippen molar-refractivity contribution in [3.63, 3.8) is 0 Å². The molecular weight excluding hydrogens is 172 g/mol. The maximum Gasteiger partial charge on any atom is 0.155 e. The summed E-state index contributed by atoms with van der Waals surface area (Å²) in [7, 11) is 0. The Morgan fingerprint density at radius 2 is 1.50 bits per heavy atom.